The third-order valence-electron chi connectivity index (χ3n) is 2.91. The third-order valence-corrected chi connectivity index (χ3v) is 2.91. The highest BCUT2D eigenvalue weighted by Gasteiger charge is 2.31. The Labute approximate surface area is 97.2 Å². The molecular formula is C12H21N3O. The fourth-order valence-electron chi connectivity index (χ4n) is 1.81. The first-order chi connectivity index (χ1) is 7.72. The number of aromatic nitrogens is 2. The Balaban J connectivity index is 3.00. The summed E-state index contributed by atoms with van der Waals surface area (Å²) in [4.78, 5) is 8.73. The zero-order chi connectivity index (χ0) is 12.0. The first-order valence-corrected chi connectivity index (χ1v) is 5.87. The van der Waals surface area contributed by atoms with Crippen LogP contribution in [0.1, 0.15) is 45.0 Å². The molecule has 0 bridgehead atoms. The van der Waals surface area contributed by atoms with Crippen molar-refractivity contribution in [3.05, 3.63) is 23.8 Å². The van der Waals surface area contributed by atoms with Crippen molar-refractivity contribution in [3.63, 3.8) is 0 Å². The summed E-state index contributed by atoms with van der Waals surface area (Å²) >= 11 is 0. The molecule has 2 N–H and O–H groups in total. The number of hydrogen-bond donors (Lipinski definition) is 1. The quantitative estimate of drug-likeness (QED) is 0.801. The molecule has 0 saturated carbocycles. The Morgan fingerprint density at radius 1 is 1.19 bits per heavy atom. The van der Waals surface area contributed by atoms with E-state index in [9.17, 15) is 0 Å². The van der Waals surface area contributed by atoms with Gasteiger partial charge in [0.15, 0.2) is 5.82 Å². The van der Waals surface area contributed by atoms with Crippen LogP contribution in [0.3, 0.4) is 0 Å². The summed E-state index contributed by atoms with van der Waals surface area (Å²) in [5, 5.41) is 0. The smallest absolute Gasteiger partial charge is 0.160 e. The van der Waals surface area contributed by atoms with Crippen LogP contribution in [0.5, 0.6) is 0 Å². The second-order valence-corrected chi connectivity index (χ2v) is 3.75. The number of rotatable bonds is 6. The fraction of sp³-hybridized carbons (Fsp3) is 0.667. The van der Waals surface area contributed by atoms with E-state index in [4.69, 9.17) is 10.5 Å². The van der Waals surface area contributed by atoms with Gasteiger partial charge in [-0.2, -0.15) is 0 Å². The molecule has 1 rings (SSSR count). The standard InChI is InChI=1S/C12H21N3O/c1-4-12(5-2,16-6-3)11-14-8-10(7-13)9-15-11/h8-9H,4-7,13H2,1-3H3. The SMILES string of the molecule is CCOC(CC)(CC)c1ncc(CN)cn1. The molecule has 0 radical (unpaired) electrons. The minimum absolute atomic E-state index is 0.345. The van der Waals surface area contributed by atoms with Crippen LogP contribution in [-0.4, -0.2) is 16.6 Å². The molecule has 1 aromatic rings. The van der Waals surface area contributed by atoms with Crippen molar-refractivity contribution in [1.29, 1.82) is 0 Å². The summed E-state index contributed by atoms with van der Waals surface area (Å²) in [5.74, 6) is 0.761. The van der Waals surface area contributed by atoms with Gasteiger partial charge in [-0.3, -0.25) is 0 Å². The van der Waals surface area contributed by atoms with E-state index < -0.39 is 0 Å². The number of nitrogens with two attached hydrogens (primary N) is 1. The van der Waals surface area contributed by atoms with Crippen LogP contribution in [0.15, 0.2) is 12.4 Å². The molecule has 90 valence electrons. The molecule has 0 aliphatic rings. The van der Waals surface area contributed by atoms with Gasteiger partial charge in [0.25, 0.3) is 0 Å². The highest BCUT2D eigenvalue weighted by molar-refractivity contribution is 5.09. The first-order valence-electron chi connectivity index (χ1n) is 5.87. The largest absolute Gasteiger partial charge is 0.367 e. The molecule has 0 aliphatic heterocycles. The second-order valence-electron chi connectivity index (χ2n) is 3.75. The maximum absolute atomic E-state index is 5.83. The summed E-state index contributed by atoms with van der Waals surface area (Å²) in [6, 6.07) is 0. The molecule has 0 amide bonds. The van der Waals surface area contributed by atoms with E-state index >= 15 is 0 Å². The molecule has 4 nitrogen and oxygen atoms in total. The topological polar surface area (TPSA) is 61.0 Å². The molecule has 0 unspecified atom stereocenters. The number of nitrogens with zero attached hydrogens (tertiary/aromatic N) is 2. The average Bonchev–Trinajstić information content (AvgIpc) is 2.36. The lowest BCUT2D eigenvalue weighted by molar-refractivity contribution is -0.0572. The van der Waals surface area contributed by atoms with Crippen molar-refractivity contribution in [2.75, 3.05) is 6.61 Å². The predicted molar refractivity (Wildman–Crippen MR) is 63.8 cm³/mol. The van der Waals surface area contributed by atoms with Crippen LogP contribution in [0.4, 0.5) is 0 Å². The van der Waals surface area contributed by atoms with Crippen LogP contribution < -0.4 is 5.73 Å². The van der Waals surface area contributed by atoms with Crippen LogP contribution >= 0.6 is 0 Å². The highest BCUT2D eigenvalue weighted by Crippen LogP contribution is 2.30. The van der Waals surface area contributed by atoms with Gasteiger partial charge in [0.05, 0.1) is 0 Å². The zero-order valence-corrected chi connectivity index (χ0v) is 10.4. The molecule has 0 aliphatic carbocycles. The van der Waals surface area contributed by atoms with Crippen molar-refractivity contribution in [1.82, 2.24) is 9.97 Å². The van der Waals surface area contributed by atoms with Crippen molar-refractivity contribution >= 4 is 0 Å². The molecular weight excluding hydrogens is 202 g/mol. The van der Waals surface area contributed by atoms with Crippen LogP contribution in [0, 0.1) is 0 Å². The zero-order valence-electron chi connectivity index (χ0n) is 10.4. The van der Waals surface area contributed by atoms with Crippen molar-refractivity contribution < 1.29 is 4.74 Å². The van der Waals surface area contributed by atoms with Crippen molar-refractivity contribution in [2.24, 2.45) is 5.73 Å². The lowest BCUT2D eigenvalue weighted by atomic mass is 9.96. The van der Waals surface area contributed by atoms with E-state index in [1.54, 1.807) is 12.4 Å². The molecule has 1 heterocycles. The monoisotopic (exact) mass is 223 g/mol. The van der Waals surface area contributed by atoms with E-state index in [0.717, 1.165) is 24.2 Å². The normalized spacial score (nSPS) is 11.8. The first kappa shape index (κ1) is 13.1. The molecule has 4 heteroatoms. The lowest BCUT2D eigenvalue weighted by Gasteiger charge is -2.29. The number of hydrogen-bond acceptors (Lipinski definition) is 4. The molecule has 1 aromatic heterocycles. The minimum atomic E-state index is -0.345. The Hall–Kier alpha value is -1.00. The summed E-state index contributed by atoms with van der Waals surface area (Å²) in [6.45, 7) is 7.33. The predicted octanol–water partition coefficient (Wildman–Crippen LogP) is 1.99. The van der Waals surface area contributed by atoms with E-state index in [2.05, 4.69) is 23.8 Å². The molecule has 0 spiro atoms. The van der Waals surface area contributed by atoms with Crippen molar-refractivity contribution in [2.45, 2.75) is 45.8 Å². The summed E-state index contributed by atoms with van der Waals surface area (Å²) in [6.07, 6.45) is 5.31. The maximum Gasteiger partial charge on any atom is 0.160 e. The van der Waals surface area contributed by atoms with Gasteiger partial charge >= 0.3 is 0 Å². The Morgan fingerprint density at radius 3 is 2.12 bits per heavy atom. The van der Waals surface area contributed by atoms with Crippen LogP contribution in [0.25, 0.3) is 0 Å². The van der Waals surface area contributed by atoms with E-state index in [1.807, 2.05) is 6.92 Å². The van der Waals surface area contributed by atoms with Gasteiger partial charge in [-0.1, -0.05) is 13.8 Å². The molecule has 0 atom stereocenters. The third kappa shape index (κ3) is 2.57. The molecule has 0 fully saturated rings. The Morgan fingerprint density at radius 2 is 1.75 bits per heavy atom. The molecule has 0 aromatic carbocycles. The fourth-order valence-corrected chi connectivity index (χ4v) is 1.81. The summed E-state index contributed by atoms with van der Waals surface area (Å²) < 4.78 is 5.83. The Bertz CT molecular complexity index is 307. The lowest BCUT2D eigenvalue weighted by Crippen LogP contribution is -2.30. The molecule has 0 saturated heterocycles. The van der Waals surface area contributed by atoms with Gasteiger partial charge in [-0.15, -0.1) is 0 Å². The van der Waals surface area contributed by atoms with Crippen LogP contribution in [-0.2, 0) is 16.9 Å². The van der Waals surface area contributed by atoms with E-state index in [1.165, 1.54) is 0 Å². The van der Waals surface area contributed by atoms with Gasteiger partial charge in [0.1, 0.15) is 5.60 Å². The summed E-state index contributed by atoms with van der Waals surface area (Å²) in [7, 11) is 0. The number of ether oxygens (including phenoxy) is 1. The van der Waals surface area contributed by atoms with Crippen molar-refractivity contribution in [3.8, 4) is 0 Å². The van der Waals surface area contributed by atoms with Crippen LogP contribution in [0.2, 0.25) is 0 Å². The second kappa shape index (κ2) is 5.92. The van der Waals surface area contributed by atoms with E-state index in [0.29, 0.717) is 13.2 Å². The summed E-state index contributed by atoms with van der Waals surface area (Å²) in [5.41, 5.74) is 6.12. The Kier molecular flexibility index (Phi) is 4.83. The van der Waals surface area contributed by atoms with Gasteiger partial charge < -0.3 is 10.5 Å². The highest BCUT2D eigenvalue weighted by atomic mass is 16.5. The van der Waals surface area contributed by atoms with Gasteiger partial charge in [0.2, 0.25) is 0 Å². The van der Waals surface area contributed by atoms with Gasteiger partial charge in [-0.05, 0) is 19.8 Å². The minimum Gasteiger partial charge on any atom is -0.367 e. The van der Waals surface area contributed by atoms with Gasteiger partial charge in [0, 0.05) is 31.1 Å². The van der Waals surface area contributed by atoms with E-state index in [-0.39, 0.29) is 5.60 Å². The average molecular weight is 223 g/mol. The molecule has 16 heavy (non-hydrogen) atoms. The maximum atomic E-state index is 5.83. The van der Waals surface area contributed by atoms with Gasteiger partial charge in [-0.25, -0.2) is 9.97 Å².